The van der Waals surface area contributed by atoms with Gasteiger partial charge in [-0.1, -0.05) is 76.9 Å². The minimum atomic E-state index is -2.05. The Hall–Kier alpha value is -0.463. The Morgan fingerprint density at radius 1 is 0.840 bits per heavy atom. The van der Waals surface area contributed by atoms with Crippen LogP contribution in [0.15, 0.2) is 57.5 Å². The van der Waals surface area contributed by atoms with Gasteiger partial charge in [0.15, 0.2) is 8.32 Å². The summed E-state index contributed by atoms with van der Waals surface area (Å²) in [6.45, 7) is 11.1. The van der Waals surface area contributed by atoms with Gasteiger partial charge < -0.3 is 9.53 Å². The highest BCUT2D eigenvalue weighted by molar-refractivity contribution is 9.10. The van der Waals surface area contributed by atoms with Crippen LogP contribution in [0.2, 0.25) is 18.1 Å². The highest BCUT2D eigenvalue weighted by atomic mass is 79.9. The Labute approximate surface area is 169 Å². The minimum Gasteiger partial charge on any atom is -0.407 e. The van der Waals surface area contributed by atoms with E-state index in [1.807, 2.05) is 48.5 Å². The lowest BCUT2D eigenvalue weighted by Crippen LogP contribution is -2.42. The number of hydrogen-bond acceptors (Lipinski definition) is 2. The van der Waals surface area contributed by atoms with E-state index >= 15 is 0 Å². The van der Waals surface area contributed by atoms with Crippen LogP contribution < -0.4 is 0 Å². The van der Waals surface area contributed by atoms with Crippen LogP contribution in [0.5, 0.6) is 0 Å². The molecule has 2 aromatic rings. The largest absolute Gasteiger partial charge is 0.407 e. The summed E-state index contributed by atoms with van der Waals surface area (Å²) in [6, 6.07) is 15.8. The molecule has 0 bridgehead atoms. The van der Waals surface area contributed by atoms with E-state index in [-0.39, 0.29) is 5.04 Å². The van der Waals surface area contributed by atoms with E-state index in [1.165, 1.54) is 0 Å². The summed E-state index contributed by atoms with van der Waals surface area (Å²) in [5, 5.41) is 11.2. The van der Waals surface area contributed by atoms with Crippen LogP contribution in [0.1, 0.15) is 44.1 Å². The monoisotopic (exact) mass is 484 g/mol. The molecule has 0 heterocycles. The van der Waals surface area contributed by atoms with Gasteiger partial charge in [-0.2, -0.15) is 0 Å². The zero-order valence-electron chi connectivity index (χ0n) is 15.4. The second-order valence-electron chi connectivity index (χ2n) is 7.85. The van der Waals surface area contributed by atoms with Crippen molar-refractivity contribution in [2.24, 2.45) is 0 Å². The lowest BCUT2D eigenvalue weighted by atomic mass is 9.98. The Kier molecular flexibility index (Phi) is 6.71. The molecular formula is C20H26Br2O2Si. The fourth-order valence-corrected chi connectivity index (χ4v) is 4.08. The number of hydrogen-bond donors (Lipinski definition) is 1. The molecule has 2 atom stereocenters. The molecule has 0 saturated carbocycles. The maximum atomic E-state index is 11.1. The molecule has 5 heteroatoms. The third kappa shape index (κ3) is 5.26. The minimum absolute atomic E-state index is 0.0695. The van der Waals surface area contributed by atoms with E-state index in [9.17, 15) is 5.11 Å². The summed E-state index contributed by atoms with van der Waals surface area (Å²) in [6.07, 6.45) is -1.11. The zero-order valence-corrected chi connectivity index (χ0v) is 19.6. The summed E-state index contributed by atoms with van der Waals surface area (Å²) in [4.78, 5) is 0. The van der Waals surface area contributed by atoms with Crippen LogP contribution in [-0.4, -0.2) is 13.4 Å². The Balaban J connectivity index is 2.41. The molecule has 0 saturated heterocycles. The molecule has 0 amide bonds. The topological polar surface area (TPSA) is 29.5 Å². The zero-order chi connectivity index (χ0) is 18.8. The molecule has 0 fully saturated rings. The molecule has 0 aliphatic carbocycles. The van der Waals surface area contributed by atoms with Crippen molar-refractivity contribution >= 4 is 40.2 Å². The predicted molar refractivity (Wildman–Crippen MR) is 114 cm³/mol. The second-order valence-corrected chi connectivity index (χ2v) is 14.4. The maximum Gasteiger partial charge on any atom is 0.193 e. The average molecular weight is 486 g/mol. The van der Waals surface area contributed by atoms with Gasteiger partial charge in [0.2, 0.25) is 0 Å². The van der Waals surface area contributed by atoms with Gasteiger partial charge in [0.25, 0.3) is 0 Å². The number of rotatable bonds is 5. The lowest BCUT2D eigenvalue weighted by molar-refractivity contribution is 0.0253. The standard InChI is InChI=1S/C20H26Br2O2Si/c1-20(2,3)25(4,5)24-19(15-8-12-17(22)13-9-15)18(23)14-6-10-16(21)11-7-14/h6-13,18-19,23H,1-5H3/t18-,19-/m1/s1. The summed E-state index contributed by atoms with van der Waals surface area (Å²) >= 11 is 6.93. The molecular weight excluding hydrogens is 460 g/mol. The third-order valence-corrected chi connectivity index (χ3v) is 10.4. The van der Waals surface area contributed by atoms with E-state index in [0.29, 0.717) is 0 Å². The average Bonchev–Trinajstić information content (AvgIpc) is 2.52. The van der Waals surface area contributed by atoms with Crippen molar-refractivity contribution in [1.82, 2.24) is 0 Å². The molecule has 1 N–H and O–H groups in total. The fourth-order valence-electron chi connectivity index (χ4n) is 2.30. The van der Waals surface area contributed by atoms with Gasteiger partial charge in [-0.15, -0.1) is 0 Å². The van der Waals surface area contributed by atoms with Gasteiger partial charge in [0.1, 0.15) is 12.2 Å². The maximum absolute atomic E-state index is 11.1. The van der Waals surface area contributed by atoms with Crippen LogP contribution in [0.4, 0.5) is 0 Å². The Bertz CT molecular complexity index is 691. The SMILES string of the molecule is CC(C)(C)[Si](C)(C)O[C@H](c1ccc(Br)cc1)[C@H](O)c1ccc(Br)cc1. The molecule has 0 aromatic heterocycles. The van der Waals surface area contributed by atoms with Crippen molar-refractivity contribution in [3.63, 3.8) is 0 Å². The van der Waals surface area contributed by atoms with Crippen LogP contribution in [0.25, 0.3) is 0 Å². The summed E-state index contributed by atoms with van der Waals surface area (Å²) in [5.41, 5.74) is 1.85. The van der Waals surface area contributed by atoms with Crippen molar-refractivity contribution in [2.75, 3.05) is 0 Å². The molecule has 2 rings (SSSR count). The third-order valence-electron chi connectivity index (χ3n) is 4.92. The molecule has 0 radical (unpaired) electrons. The molecule has 136 valence electrons. The van der Waals surface area contributed by atoms with E-state index in [0.717, 1.165) is 20.1 Å². The van der Waals surface area contributed by atoms with Crippen LogP contribution >= 0.6 is 31.9 Å². The Morgan fingerprint density at radius 3 is 1.64 bits per heavy atom. The predicted octanol–water partition coefficient (Wildman–Crippen LogP) is 7.01. The summed E-state index contributed by atoms with van der Waals surface area (Å²) < 4.78 is 8.65. The molecule has 0 spiro atoms. The van der Waals surface area contributed by atoms with Gasteiger partial charge >= 0.3 is 0 Å². The second kappa shape index (κ2) is 8.05. The van der Waals surface area contributed by atoms with Crippen LogP contribution in [-0.2, 0) is 4.43 Å². The van der Waals surface area contributed by atoms with Gasteiger partial charge in [-0.25, -0.2) is 0 Å². The van der Waals surface area contributed by atoms with E-state index < -0.39 is 20.5 Å². The van der Waals surface area contributed by atoms with Gasteiger partial charge in [0.05, 0.1) is 0 Å². The molecule has 2 aromatic carbocycles. The van der Waals surface area contributed by atoms with Crippen molar-refractivity contribution in [3.8, 4) is 0 Å². The molecule has 0 unspecified atom stereocenters. The Morgan fingerprint density at radius 2 is 1.24 bits per heavy atom. The van der Waals surface area contributed by atoms with Crippen molar-refractivity contribution in [2.45, 2.75) is 51.1 Å². The van der Waals surface area contributed by atoms with E-state index in [1.54, 1.807) is 0 Å². The number of halogens is 2. The van der Waals surface area contributed by atoms with Crippen LogP contribution in [0.3, 0.4) is 0 Å². The highest BCUT2D eigenvalue weighted by Gasteiger charge is 2.41. The fraction of sp³-hybridized carbons (Fsp3) is 0.400. The first kappa shape index (κ1) is 20.8. The quantitative estimate of drug-likeness (QED) is 0.461. The molecule has 2 nitrogen and oxygen atoms in total. The first-order valence-electron chi connectivity index (χ1n) is 8.38. The van der Waals surface area contributed by atoms with E-state index in [4.69, 9.17) is 4.43 Å². The molecule has 0 aliphatic heterocycles. The molecule has 0 aliphatic rings. The summed E-state index contributed by atoms with van der Waals surface area (Å²) in [7, 11) is -2.05. The van der Waals surface area contributed by atoms with Crippen molar-refractivity contribution < 1.29 is 9.53 Å². The number of aliphatic hydroxyl groups is 1. The van der Waals surface area contributed by atoms with Gasteiger partial charge in [-0.3, -0.25) is 0 Å². The highest BCUT2D eigenvalue weighted by Crippen LogP contribution is 2.43. The van der Waals surface area contributed by atoms with Gasteiger partial charge in [0, 0.05) is 8.95 Å². The smallest absolute Gasteiger partial charge is 0.193 e. The van der Waals surface area contributed by atoms with Crippen molar-refractivity contribution in [3.05, 3.63) is 68.6 Å². The number of aliphatic hydroxyl groups excluding tert-OH is 1. The van der Waals surface area contributed by atoms with E-state index in [2.05, 4.69) is 65.7 Å². The first-order valence-corrected chi connectivity index (χ1v) is 12.9. The number of benzene rings is 2. The first-order chi connectivity index (χ1) is 11.5. The molecule has 25 heavy (non-hydrogen) atoms. The van der Waals surface area contributed by atoms with Crippen LogP contribution in [0, 0.1) is 0 Å². The lowest BCUT2D eigenvalue weighted by Gasteiger charge is -2.40. The normalized spacial score (nSPS) is 15.0. The van der Waals surface area contributed by atoms with Crippen molar-refractivity contribution in [1.29, 1.82) is 0 Å². The summed E-state index contributed by atoms with van der Waals surface area (Å²) in [5.74, 6) is 0. The van der Waals surface area contributed by atoms with Gasteiger partial charge in [-0.05, 0) is 53.5 Å².